The molecule has 0 spiro atoms. The average molecular weight is 418 g/mol. The second kappa shape index (κ2) is 8.25. The lowest BCUT2D eigenvalue weighted by molar-refractivity contribution is 0.122. The van der Waals surface area contributed by atoms with E-state index in [1.165, 1.54) is 0 Å². The Kier molecular flexibility index (Phi) is 5.71. The van der Waals surface area contributed by atoms with Crippen LogP contribution in [0.3, 0.4) is 0 Å². The summed E-state index contributed by atoms with van der Waals surface area (Å²) in [6, 6.07) is 8.63. The fraction of sp³-hybridized carbons (Fsp3) is 0.500. The SMILES string of the molecule is CN(C)c1nc(N2CCOCC2)nc2c1CCN(S(=O)(=O)c1ccccc1)CC2. The summed E-state index contributed by atoms with van der Waals surface area (Å²) in [4.78, 5) is 14.1. The standard InChI is InChI=1S/C20H27N5O3S/c1-23(2)19-17-8-10-25(29(26,27)16-6-4-3-5-7-16)11-9-18(17)21-20(22-19)24-12-14-28-15-13-24/h3-7H,8-15H2,1-2H3. The van der Waals surface area contributed by atoms with Crippen LogP contribution in [0.15, 0.2) is 35.2 Å². The first-order chi connectivity index (χ1) is 14.0. The first-order valence-corrected chi connectivity index (χ1v) is 11.4. The maximum Gasteiger partial charge on any atom is 0.243 e. The van der Waals surface area contributed by atoms with Crippen molar-refractivity contribution in [3.63, 3.8) is 0 Å². The topological polar surface area (TPSA) is 78.9 Å². The Morgan fingerprint density at radius 3 is 2.34 bits per heavy atom. The molecule has 1 fully saturated rings. The molecule has 0 aliphatic carbocycles. The van der Waals surface area contributed by atoms with E-state index in [2.05, 4.69) is 4.90 Å². The number of morpholine rings is 1. The molecule has 2 aliphatic heterocycles. The maximum atomic E-state index is 13.1. The highest BCUT2D eigenvalue weighted by Gasteiger charge is 2.29. The van der Waals surface area contributed by atoms with Crippen LogP contribution in [0.2, 0.25) is 0 Å². The molecule has 1 saturated heterocycles. The summed E-state index contributed by atoms with van der Waals surface area (Å²) in [7, 11) is 0.412. The van der Waals surface area contributed by atoms with Gasteiger partial charge in [-0.25, -0.2) is 13.4 Å². The van der Waals surface area contributed by atoms with E-state index in [-0.39, 0.29) is 0 Å². The number of benzene rings is 1. The van der Waals surface area contributed by atoms with Gasteiger partial charge >= 0.3 is 0 Å². The lowest BCUT2D eigenvalue weighted by atomic mass is 10.1. The molecule has 0 atom stereocenters. The molecule has 2 aliphatic rings. The van der Waals surface area contributed by atoms with Crippen molar-refractivity contribution in [3.05, 3.63) is 41.6 Å². The van der Waals surface area contributed by atoms with E-state index in [0.29, 0.717) is 50.0 Å². The van der Waals surface area contributed by atoms with Gasteiger partial charge in [-0.15, -0.1) is 0 Å². The molecule has 3 heterocycles. The van der Waals surface area contributed by atoms with E-state index in [1.54, 1.807) is 28.6 Å². The van der Waals surface area contributed by atoms with Gasteiger partial charge in [0.05, 0.1) is 23.8 Å². The Labute approximate surface area is 172 Å². The minimum atomic E-state index is -3.52. The van der Waals surface area contributed by atoms with Crippen LogP contribution in [0.1, 0.15) is 11.3 Å². The zero-order valence-corrected chi connectivity index (χ0v) is 17.7. The number of nitrogens with zero attached hydrogens (tertiary/aromatic N) is 5. The van der Waals surface area contributed by atoms with Crippen molar-refractivity contribution in [2.24, 2.45) is 0 Å². The number of anilines is 2. The zero-order chi connectivity index (χ0) is 20.4. The van der Waals surface area contributed by atoms with Gasteiger partial charge < -0.3 is 14.5 Å². The predicted octanol–water partition coefficient (Wildman–Crippen LogP) is 1.17. The van der Waals surface area contributed by atoms with Crippen molar-refractivity contribution in [3.8, 4) is 0 Å². The highest BCUT2D eigenvalue weighted by atomic mass is 32.2. The second-order valence-electron chi connectivity index (χ2n) is 7.48. The van der Waals surface area contributed by atoms with Gasteiger partial charge in [-0.2, -0.15) is 9.29 Å². The third-order valence-corrected chi connectivity index (χ3v) is 7.28. The van der Waals surface area contributed by atoms with Crippen molar-refractivity contribution in [1.82, 2.24) is 14.3 Å². The molecule has 0 radical (unpaired) electrons. The third-order valence-electron chi connectivity index (χ3n) is 5.37. The molecule has 0 bridgehead atoms. The first-order valence-electron chi connectivity index (χ1n) is 9.92. The van der Waals surface area contributed by atoms with Crippen LogP contribution in [0.5, 0.6) is 0 Å². The molecule has 0 saturated carbocycles. The smallest absolute Gasteiger partial charge is 0.243 e. The summed E-state index contributed by atoms with van der Waals surface area (Å²) in [6.45, 7) is 3.70. The molecule has 8 nitrogen and oxygen atoms in total. The van der Waals surface area contributed by atoms with Gasteiger partial charge in [0, 0.05) is 52.3 Å². The lowest BCUT2D eigenvalue weighted by Gasteiger charge is -2.28. The van der Waals surface area contributed by atoms with Crippen molar-refractivity contribution >= 4 is 21.8 Å². The average Bonchev–Trinajstić information content (AvgIpc) is 2.97. The van der Waals surface area contributed by atoms with Crippen molar-refractivity contribution in [1.29, 1.82) is 0 Å². The van der Waals surface area contributed by atoms with Crippen molar-refractivity contribution < 1.29 is 13.2 Å². The summed E-state index contributed by atoms with van der Waals surface area (Å²) in [5.74, 6) is 1.57. The number of hydrogen-bond donors (Lipinski definition) is 0. The predicted molar refractivity (Wildman–Crippen MR) is 112 cm³/mol. The van der Waals surface area contributed by atoms with Gasteiger partial charge in [0.2, 0.25) is 16.0 Å². The lowest BCUT2D eigenvalue weighted by Crippen LogP contribution is -2.38. The van der Waals surface area contributed by atoms with Crippen LogP contribution >= 0.6 is 0 Å². The highest BCUT2D eigenvalue weighted by Crippen LogP contribution is 2.28. The number of sulfonamides is 1. The Morgan fingerprint density at radius 2 is 1.66 bits per heavy atom. The molecule has 1 aromatic heterocycles. The van der Waals surface area contributed by atoms with Crippen LogP contribution in [0.4, 0.5) is 11.8 Å². The van der Waals surface area contributed by atoms with Crippen LogP contribution in [-0.4, -0.2) is 76.2 Å². The molecule has 0 amide bonds. The largest absolute Gasteiger partial charge is 0.378 e. The quantitative estimate of drug-likeness (QED) is 0.739. The molecule has 29 heavy (non-hydrogen) atoms. The zero-order valence-electron chi connectivity index (χ0n) is 16.9. The minimum absolute atomic E-state index is 0.332. The second-order valence-corrected chi connectivity index (χ2v) is 9.42. The number of hydrogen-bond acceptors (Lipinski definition) is 7. The van der Waals surface area contributed by atoms with Crippen molar-refractivity contribution in [2.75, 3.05) is 63.3 Å². The van der Waals surface area contributed by atoms with E-state index < -0.39 is 10.0 Å². The third kappa shape index (κ3) is 4.08. The minimum Gasteiger partial charge on any atom is -0.378 e. The molecule has 9 heteroatoms. The van der Waals surface area contributed by atoms with Crippen LogP contribution in [0.25, 0.3) is 0 Å². The Hall–Kier alpha value is -2.23. The van der Waals surface area contributed by atoms with E-state index in [0.717, 1.165) is 30.2 Å². The maximum absolute atomic E-state index is 13.1. The summed E-state index contributed by atoms with van der Waals surface area (Å²) in [5.41, 5.74) is 1.98. The van der Waals surface area contributed by atoms with Crippen LogP contribution < -0.4 is 9.80 Å². The van der Waals surface area contributed by atoms with E-state index in [9.17, 15) is 8.42 Å². The van der Waals surface area contributed by atoms with Crippen LogP contribution in [-0.2, 0) is 27.6 Å². The van der Waals surface area contributed by atoms with Crippen LogP contribution in [0, 0.1) is 0 Å². The van der Waals surface area contributed by atoms with Gasteiger partial charge in [-0.1, -0.05) is 18.2 Å². The number of aromatic nitrogens is 2. The molecule has 0 unspecified atom stereocenters. The van der Waals surface area contributed by atoms with E-state index >= 15 is 0 Å². The molecule has 1 aromatic carbocycles. The van der Waals surface area contributed by atoms with E-state index in [1.807, 2.05) is 25.1 Å². The summed E-state index contributed by atoms with van der Waals surface area (Å²) in [5, 5.41) is 0. The fourth-order valence-electron chi connectivity index (χ4n) is 3.80. The Morgan fingerprint density at radius 1 is 0.966 bits per heavy atom. The van der Waals surface area contributed by atoms with Gasteiger partial charge in [0.25, 0.3) is 0 Å². The molecular formula is C20H27N5O3S. The first kappa shape index (κ1) is 20.1. The number of ether oxygens (including phenoxy) is 1. The number of fused-ring (bicyclic) bond motifs is 1. The van der Waals surface area contributed by atoms with E-state index in [4.69, 9.17) is 14.7 Å². The molecule has 2 aromatic rings. The summed E-state index contributed by atoms with van der Waals surface area (Å²) < 4.78 is 33.2. The monoisotopic (exact) mass is 417 g/mol. The molecular weight excluding hydrogens is 390 g/mol. The Bertz CT molecular complexity index is 960. The molecule has 156 valence electrons. The fourth-order valence-corrected chi connectivity index (χ4v) is 5.27. The molecule has 0 N–H and O–H groups in total. The highest BCUT2D eigenvalue weighted by molar-refractivity contribution is 7.89. The van der Waals surface area contributed by atoms with Gasteiger partial charge in [-0.05, 0) is 18.6 Å². The summed E-state index contributed by atoms with van der Waals surface area (Å²) in [6.07, 6.45) is 1.17. The summed E-state index contributed by atoms with van der Waals surface area (Å²) >= 11 is 0. The number of rotatable bonds is 4. The van der Waals surface area contributed by atoms with Gasteiger partial charge in [-0.3, -0.25) is 0 Å². The van der Waals surface area contributed by atoms with Gasteiger partial charge in [0.15, 0.2) is 0 Å². The van der Waals surface area contributed by atoms with Gasteiger partial charge in [0.1, 0.15) is 5.82 Å². The normalized spacial score (nSPS) is 18.2. The van der Waals surface area contributed by atoms with Crippen molar-refractivity contribution in [2.45, 2.75) is 17.7 Å². The Balaban J connectivity index is 1.64. The molecule has 4 rings (SSSR count).